The molecule has 0 aromatic heterocycles. The summed E-state index contributed by atoms with van der Waals surface area (Å²) in [6.07, 6.45) is 1.50. The van der Waals surface area contributed by atoms with Gasteiger partial charge >= 0.3 is 0 Å². The van der Waals surface area contributed by atoms with E-state index in [0.717, 1.165) is 6.42 Å². The van der Waals surface area contributed by atoms with Crippen molar-refractivity contribution in [2.24, 2.45) is 11.7 Å². The standard InChI is InChI=1S/C13H16FN3O/c1-2-4-9(7-15)13(18)17-12-6-3-5-11(14)10(12)8-16/h3,5-6,9H,2,4,7,15H2,1H3,(H,17,18). The van der Waals surface area contributed by atoms with E-state index < -0.39 is 5.82 Å². The quantitative estimate of drug-likeness (QED) is 0.837. The van der Waals surface area contributed by atoms with Crippen LogP contribution in [0.1, 0.15) is 25.3 Å². The van der Waals surface area contributed by atoms with Crippen LogP contribution in [0.3, 0.4) is 0 Å². The molecule has 0 aliphatic carbocycles. The van der Waals surface area contributed by atoms with Gasteiger partial charge in [0.05, 0.1) is 11.6 Å². The predicted octanol–water partition coefficient (Wildman–Crippen LogP) is 2.01. The first-order valence-corrected chi connectivity index (χ1v) is 5.83. The van der Waals surface area contributed by atoms with Crippen LogP contribution in [0.4, 0.5) is 10.1 Å². The fourth-order valence-electron chi connectivity index (χ4n) is 1.68. The Hall–Kier alpha value is -1.93. The zero-order chi connectivity index (χ0) is 13.5. The number of nitrogens with zero attached hydrogens (tertiary/aromatic N) is 1. The molecule has 1 aromatic rings. The third-order valence-corrected chi connectivity index (χ3v) is 2.68. The Labute approximate surface area is 106 Å². The van der Waals surface area contributed by atoms with Gasteiger partial charge in [0.2, 0.25) is 5.91 Å². The maximum absolute atomic E-state index is 13.3. The fourth-order valence-corrected chi connectivity index (χ4v) is 1.68. The molecule has 0 bridgehead atoms. The van der Waals surface area contributed by atoms with E-state index in [2.05, 4.69) is 5.32 Å². The molecule has 1 atom stereocenters. The molecule has 0 aliphatic rings. The van der Waals surface area contributed by atoms with Gasteiger partial charge in [0.1, 0.15) is 17.4 Å². The number of hydrogen-bond donors (Lipinski definition) is 2. The summed E-state index contributed by atoms with van der Waals surface area (Å²) in [5.74, 6) is -1.23. The van der Waals surface area contributed by atoms with Gasteiger partial charge in [-0.3, -0.25) is 4.79 Å². The van der Waals surface area contributed by atoms with Crippen LogP contribution in [-0.4, -0.2) is 12.5 Å². The van der Waals surface area contributed by atoms with E-state index in [1.807, 2.05) is 6.92 Å². The average Bonchev–Trinajstić information content (AvgIpc) is 2.36. The molecule has 1 unspecified atom stereocenters. The summed E-state index contributed by atoms with van der Waals surface area (Å²) in [7, 11) is 0. The first-order valence-electron chi connectivity index (χ1n) is 5.83. The Balaban J connectivity index is 2.88. The first kappa shape index (κ1) is 14.1. The van der Waals surface area contributed by atoms with Crippen molar-refractivity contribution in [1.82, 2.24) is 0 Å². The van der Waals surface area contributed by atoms with E-state index in [4.69, 9.17) is 11.0 Å². The lowest BCUT2D eigenvalue weighted by molar-refractivity contribution is -0.119. The molecule has 96 valence electrons. The van der Waals surface area contributed by atoms with Crippen molar-refractivity contribution >= 4 is 11.6 Å². The SMILES string of the molecule is CCCC(CN)C(=O)Nc1cccc(F)c1C#N. The summed E-state index contributed by atoms with van der Waals surface area (Å²) in [5, 5.41) is 11.4. The highest BCUT2D eigenvalue weighted by atomic mass is 19.1. The van der Waals surface area contributed by atoms with Crippen molar-refractivity contribution in [3.63, 3.8) is 0 Å². The Kier molecular flexibility index (Phi) is 5.28. The van der Waals surface area contributed by atoms with Gasteiger partial charge in [0.15, 0.2) is 0 Å². The third-order valence-electron chi connectivity index (χ3n) is 2.68. The van der Waals surface area contributed by atoms with Crippen molar-refractivity contribution in [3.8, 4) is 6.07 Å². The van der Waals surface area contributed by atoms with Crippen molar-refractivity contribution in [1.29, 1.82) is 5.26 Å². The van der Waals surface area contributed by atoms with Gasteiger partial charge in [0, 0.05) is 6.54 Å². The largest absolute Gasteiger partial charge is 0.330 e. The number of halogens is 1. The Bertz CT molecular complexity index is 468. The molecule has 0 heterocycles. The van der Waals surface area contributed by atoms with Crippen LogP contribution in [0.5, 0.6) is 0 Å². The third kappa shape index (κ3) is 3.28. The number of carbonyl (C=O) groups is 1. The smallest absolute Gasteiger partial charge is 0.228 e. The number of rotatable bonds is 5. The van der Waals surface area contributed by atoms with Crippen molar-refractivity contribution in [2.45, 2.75) is 19.8 Å². The minimum Gasteiger partial charge on any atom is -0.330 e. The highest BCUT2D eigenvalue weighted by molar-refractivity contribution is 5.93. The minimum atomic E-state index is -0.643. The van der Waals surface area contributed by atoms with Crippen molar-refractivity contribution in [2.75, 3.05) is 11.9 Å². The lowest BCUT2D eigenvalue weighted by atomic mass is 10.0. The summed E-state index contributed by atoms with van der Waals surface area (Å²) in [5.41, 5.74) is 5.55. The lowest BCUT2D eigenvalue weighted by Crippen LogP contribution is -2.29. The maximum atomic E-state index is 13.3. The molecule has 0 saturated carbocycles. The molecular formula is C13H16FN3O. The second-order valence-corrected chi connectivity index (χ2v) is 3.98. The molecule has 5 heteroatoms. The van der Waals surface area contributed by atoms with E-state index in [0.29, 0.717) is 6.42 Å². The molecular weight excluding hydrogens is 233 g/mol. The highest BCUT2D eigenvalue weighted by Gasteiger charge is 2.18. The zero-order valence-electron chi connectivity index (χ0n) is 10.2. The second-order valence-electron chi connectivity index (χ2n) is 3.98. The number of nitriles is 1. The number of nitrogens with one attached hydrogen (secondary N) is 1. The van der Waals surface area contributed by atoms with Crippen LogP contribution < -0.4 is 11.1 Å². The van der Waals surface area contributed by atoms with E-state index >= 15 is 0 Å². The van der Waals surface area contributed by atoms with Crippen LogP contribution in [0.25, 0.3) is 0 Å². The van der Waals surface area contributed by atoms with E-state index in [1.165, 1.54) is 18.2 Å². The Morgan fingerprint density at radius 2 is 2.33 bits per heavy atom. The van der Waals surface area contributed by atoms with Crippen LogP contribution in [-0.2, 0) is 4.79 Å². The van der Waals surface area contributed by atoms with Gasteiger partial charge in [-0.15, -0.1) is 0 Å². The average molecular weight is 249 g/mol. The van der Waals surface area contributed by atoms with Crippen LogP contribution in [0.2, 0.25) is 0 Å². The van der Waals surface area contributed by atoms with Gasteiger partial charge in [-0.05, 0) is 18.6 Å². The molecule has 0 saturated heterocycles. The monoisotopic (exact) mass is 249 g/mol. The molecule has 3 N–H and O–H groups in total. The summed E-state index contributed by atoms with van der Waals surface area (Å²) in [6.45, 7) is 2.19. The Morgan fingerprint density at radius 3 is 2.89 bits per heavy atom. The number of carbonyl (C=O) groups excluding carboxylic acids is 1. The number of hydrogen-bond acceptors (Lipinski definition) is 3. The molecule has 0 spiro atoms. The molecule has 18 heavy (non-hydrogen) atoms. The Morgan fingerprint density at radius 1 is 1.61 bits per heavy atom. The summed E-state index contributed by atoms with van der Waals surface area (Å²) in [4.78, 5) is 11.9. The van der Waals surface area contributed by atoms with E-state index in [9.17, 15) is 9.18 Å². The minimum absolute atomic E-state index is 0.155. The summed E-state index contributed by atoms with van der Waals surface area (Å²) < 4.78 is 13.3. The van der Waals surface area contributed by atoms with Crippen molar-refractivity contribution in [3.05, 3.63) is 29.6 Å². The van der Waals surface area contributed by atoms with Gasteiger partial charge in [-0.25, -0.2) is 4.39 Å². The molecule has 4 nitrogen and oxygen atoms in total. The normalized spacial score (nSPS) is 11.7. The number of benzene rings is 1. The first-order chi connectivity index (χ1) is 8.63. The van der Waals surface area contributed by atoms with Crippen LogP contribution >= 0.6 is 0 Å². The fraction of sp³-hybridized carbons (Fsp3) is 0.385. The molecule has 0 aliphatic heterocycles. The summed E-state index contributed by atoms with van der Waals surface area (Å²) >= 11 is 0. The molecule has 1 rings (SSSR count). The second kappa shape index (κ2) is 6.72. The predicted molar refractivity (Wildman–Crippen MR) is 67.2 cm³/mol. The molecule has 0 radical (unpaired) electrons. The van der Waals surface area contributed by atoms with E-state index in [1.54, 1.807) is 6.07 Å². The molecule has 0 fully saturated rings. The highest BCUT2D eigenvalue weighted by Crippen LogP contribution is 2.19. The van der Waals surface area contributed by atoms with Gasteiger partial charge in [-0.2, -0.15) is 5.26 Å². The van der Waals surface area contributed by atoms with E-state index in [-0.39, 0.29) is 29.6 Å². The van der Waals surface area contributed by atoms with Crippen LogP contribution in [0, 0.1) is 23.1 Å². The van der Waals surface area contributed by atoms with Crippen LogP contribution in [0.15, 0.2) is 18.2 Å². The van der Waals surface area contributed by atoms with Gasteiger partial charge in [0.25, 0.3) is 0 Å². The van der Waals surface area contributed by atoms with Crippen molar-refractivity contribution < 1.29 is 9.18 Å². The number of nitrogens with two attached hydrogens (primary N) is 1. The number of amides is 1. The van der Waals surface area contributed by atoms with Gasteiger partial charge in [-0.1, -0.05) is 19.4 Å². The molecule has 1 aromatic carbocycles. The zero-order valence-corrected chi connectivity index (χ0v) is 10.2. The lowest BCUT2D eigenvalue weighted by Gasteiger charge is -2.14. The molecule has 1 amide bonds. The number of anilines is 1. The van der Waals surface area contributed by atoms with Gasteiger partial charge < -0.3 is 11.1 Å². The topological polar surface area (TPSA) is 78.9 Å². The maximum Gasteiger partial charge on any atom is 0.228 e. The summed E-state index contributed by atoms with van der Waals surface area (Å²) in [6, 6.07) is 5.86.